The molecule has 25 heavy (non-hydrogen) atoms. The van der Waals surface area contributed by atoms with Gasteiger partial charge in [0, 0.05) is 18.7 Å². The predicted octanol–water partition coefficient (Wildman–Crippen LogP) is 3.47. The molecule has 1 saturated heterocycles. The van der Waals surface area contributed by atoms with Crippen molar-refractivity contribution in [1.82, 2.24) is 9.88 Å². The molecular formula is C18H29ClN2O4. The van der Waals surface area contributed by atoms with Crippen LogP contribution in [0.1, 0.15) is 58.7 Å². The van der Waals surface area contributed by atoms with Crippen LogP contribution in [0.25, 0.3) is 0 Å². The molecule has 0 bridgehead atoms. The quantitative estimate of drug-likeness (QED) is 0.776. The van der Waals surface area contributed by atoms with Crippen molar-refractivity contribution in [2.24, 2.45) is 0 Å². The molecule has 1 aliphatic heterocycles. The minimum Gasteiger partial charge on any atom is -0.444 e. The number of aliphatic hydroxyl groups excluding tert-OH is 1. The molecule has 1 amide bonds. The zero-order valence-corrected chi connectivity index (χ0v) is 16.4. The van der Waals surface area contributed by atoms with Gasteiger partial charge in [0.25, 0.3) is 0 Å². The molecule has 1 fully saturated rings. The Morgan fingerprint density at radius 1 is 1.32 bits per heavy atom. The number of hydrogen-bond donors (Lipinski definition) is 2. The third kappa shape index (κ3) is 5.83. The summed E-state index contributed by atoms with van der Waals surface area (Å²) in [6.45, 7) is 9.92. The second-order valence-corrected chi connectivity index (χ2v) is 7.19. The van der Waals surface area contributed by atoms with Crippen molar-refractivity contribution in [3.8, 4) is 0 Å². The number of carbonyl (C=O) groups is 1. The first-order chi connectivity index (χ1) is 11.6. The molecule has 142 valence electrons. The molecule has 1 aromatic heterocycles. The van der Waals surface area contributed by atoms with Gasteiger partial charge in [0.2, 0.25) is 0 Å². The Morgan fingerprint density at radius 3 is 2.36 bits per heavy atom. The summed E-state index contributed by atoms with van der Waals surface area (Å²) in [5.41, 5.74) is -0.829. The summed E-state index contributed by atoms with van der Waals surface area (Å²) in [5, 5.41) is 20.6. The fraction of sp³-hybridized carbons (Fsp3) is 0.667. The van der Waals surface area contributed by atoms with E-state index in [0.717, 1.165) is 0 Å². The van der Waals surface area contributed by atoms with E-state index >= 15 is 0 Å². The van der Waals surface area contributed by atoms with Crippen LogP contribution in [0.15, 0.2) is 12.1 Å². The number of amides is 1. The average Bonchev–Trinajstić information content (AvgIpc) is 2.55. The summed E-state index contributed by atoms with van der Waals surface area (Å²) in [7, 11) is 0. The van der Waals surface area contributed by atoms with Crippen LogP contribution >= 0.6 is 11.6 Å². The molecule has 0 aromatic carbocycles. The minimum atomic E-state index is -1.21. The van der Waals surface area contributed by atoms with E-state index in [1.807, 2.05) is 34.6 Å². The highest BCUT2D eigenvalue weighted by Crippen LogP contribution is 2.34. The molecule has 0 unspecified atom stereocenters. The lowest BCUT2D eigenvalue weighted by molar-refractivity contribution is -0.0391. The Bertz CT molecular complexity index is 579. The number of pyridine rings is 1. The SMILES string of the molecule is CC.CC(C)(C)OC(=O)N1CCC(O)(c2nc(Cl)ccc2CO)CC1. The second kappa shape index (κ2) is 8.83. The fourth-order valence-electron chi connectivity index (χ4n) is 2.62. The molecule has 2 N–H and O–H groups in total. The highest BCUT2D eigenvalue weighted by atomic mass is 35.5. The standard InChI is InChI=1S/C16H23ClN2O4.C2H6/c1-15(2,3)23-14(21)19-8-6-16(22,7-9-19)13-11(10-20)4-5-12(17)18-13;1-2/h4-5,20,22H,6-10H2,1-3H3;1-2H3. The van der Waals surface area contributed by atoms with Gasteiger partial charge in [-0.1, -0.05) is 31.5 Å². The molecule has 0 atom stereocenters. The van der Waals surface area contributed by atoms with Crippen molar-refractivity contribution in [1.29, 1.82) is 0 Å². The number of aliphatic hydroxyl groups is 2. The van der Waals surface area contributed by atoms with Crippen molar-refractivity contribution in [2.45, 2.75) is 65.3 Å². The van der Waals surface area contributed by atoms with E-state index in [1.165, 1.54) is 0 Å². The molecule has 1 aromatic rings. The molecule has 0 radical (unpaired) electrons. The fourth-order valence-corrected chi connectivity index (χ4v) is 2.76. The maximum Gasteiger partial charge on any atom is 0.410 e. The Morgan fingerprint density at radius 2 is 1.88 bits per heavy atom. The van der Waals surface area contributed by atoms with E-state index in [0.29, 0.717) is 37.2 Å². The Labute approximate surface area is 154 Å². The first-order valence-electron chi connectivity index (χ1n) is 8.62. The first kappa shape index (κ1) is 21.7. The lowest BCUT2D eigenvalue weighted by Crippen LogP contribution is -2.47. The lowest BCUT2D eigenvalue weighted by Gasteiger charge is -2.38. The van der Waals surface area contributed by atoms with E-state index in [2.05, 4.69) is 4.98 Å². The normalized spacial score (nSPS) is 16.7. The van der Waals surface area contributed by atoms with E-state index in [1.54, 1.807) is 17.0 Å². The van der Waals surface area contributed by atoms with Gasteiger partial charge in [0.1, 0.15) is 16.4 Å². The van der Waals surface area contributed by atoms with Crippen LogP contribution < -0.4 is 0 Å². The summed E-state index contributed by atoms with van der Waals surface area (Å²) in [6, 6.07) is 3.23. The summed E-state index contributed by atoms with van der Waals surface area (Å²) < 4.78 is 5.34. The van der Waals surface area contributed by atoms with Gasteiger partial charge in [-0.25, -0.2) is 9.78 Å². The van der Waals surface area contributed by atoms with Gasteiger partial charge in [-0.15, -0.1) is 0 Å². The molecular weight excluding hydrogens is 344 g/mol. The minimum absolute atomic E-state index is 0.225. The Balaban J connectivity index is 0.00000151. The van der Waals surface area contributed by atoms with Gasteiger partial charge < -0.3 is 19.8 Å². The number of rotatable bonds is 2. The van der Waals surface area contributed by atoms with Crippen LogP contribution in [-0.4, -0.2) is 44.9 Å². The molecule has 2 rings (SSSR count). The van der Waals surface area contributed by atoms with Crippen molar-refractivity contribution in [2.75, 3.05) is 13.1 Å². The van der Waals surface area contributed by atoms with Crippen LogP contribution in [0.5, 0.6) is 0 Å². The van der Waals surface area contributed by atoms with Gasteiger partial charge in [-0.05, 0) is 39.7 Å². The monoisotopic (exact) mass is 372 g/mol. The van der Waals surface area contributed by atoms with Crippen LogP contribution in [0, 0.1) is 0 Å². The summed E-state index contributed by atoms with van der Waals surface area (Å²) in [6.07, 6.45) is 0.236. The van der Waals surface area contributed by atoms with E-state index in [4.69, 9.17) is 16.3 Å². The maximum atomic E-state index is 12.1. The van der Waals surface area contributed by atoms with Crippen LogP contribution in [-0.2, 0) is 16.9 Å². The number of halogens is 1. The van der Waals surface area contributed by atoms with Gasteiger partial charge in [-0.2, -0.15) is 0 Å². The average molecular weight is 373 g/mol. The number of ether oxygens (including phenoxy) is 1. The number of likely N-dealkylation sites (tertiary alicyclic amines) is 1. The highest BCUT2D eigenvalue weighted by molar-refractivity contribution is 6.29. The zero-order chi connectivity index (χ0) is 19.3. The maximum absolute atomic E-state index is 12.1. The summed E-state index contributed by atoms with van der Waals surface area (Å²) in [5.74, 6) is 0. The number of hydrogen-bond acceptors (Lipinski definition) is 5. The third-order valence-corrected chi connectivity index (χ3v) is 4.01. The summed E-state index contributed by atoms with van der Waals surface area (Å²) >= 11 is 5.92. The Hall–Kier alpha value is -1.37. The number of piperidine rings is 1. The van der Waals surface area contributed by atoms with E-state index < -0.39 is 11.2 Å². The van der Waals surface area contributed by atoms with Gasteiger partial charge in [0.05, 0.1) is 12.3 Å². The first-order valence-corrected chi connectivity index (χ1v) is 8.99. The molecule has 6 nitrogen and oxygen atoms in total. The van der Waals surface area contributed by atoms with Gasteiger partial charge in [0.15, 0.2) is 0 Å². The number of nitrogens with zero attached hydrogens (tertiary/aromatic N) is 2. The topological polar surface area (TPSA) is 82.9 Å². The lowest BCUT2D eigenvalue weighted by atomic mass is 9.85. The van der Waals surface area contributed by atoms with Crippen LogP contribution in [0.2, 0.25) is 5.15 Å². The predicted molar refractivity (Wildman–Crippen MR) is 97.5 cm³/mol. The molecule has 1 aliphatic rings. The smallest absolute Gasteiger partial charge is 0.410 e. The van der Waals surface area contributed by atoms with E-state index in [-0.39, 0.29) is 17.9 Å². The zero-order valence-electron chi connectivity index (χ0n) is 15.7. The summed E-state index contributed by atoms with van der Waals surface area (Å²) in [4.78, 5) is 17.8. The van der Waals surface area contributed by atoms with Crippen molar-refractivity contribution in [3.05, 3.63) is 28.5 Å². The molecule has 7 heteroatoms. The Kier molecular flexibility index (Phi) is 7.65. The third-order valence-electron chi connectivity index (χ3n) is 3.80. The molecule has 0 saturated carbocycles. The largest absolute Gasteiger partial charge is 0.444 e. The number of aromatic nitrogens is 1. The van der Waals surface area contributed by atoms with Crippen molar-refractivity contribution >= 4 is 17.7 Å². The van der Waals surface area contributed by atoms with Crippen molar-refractivity contribution in [3.63, 3.8) is 0 Å². The molecule has 2 heterocycles. The van der Waals surface area contributed by atoms with Gasteiger partial charge >= 0.3 is 6.09 Å². The van der Waals surface area contributed by atoms with Crippen LogP contribution in [0.3, 0.4) is 0 Å². The van der Waals surface area contributed by atoms with Crippen LogP contribution in [0.4, 0.5) is 4.79 Å². The second-order valence-electron chi connectivity index (χ2n) is 6.80. The van der Waals surface area contributed by atoms with E-state index in [9.17, 15) is 15.0 Å². The molecule has 0 aliphatic carbocycles. The molecule has 0 spiro atoms. The van der Waals surface area contributed by atoms with Crippen molar-refractivity contribution < 1.29 is 19.7 Å². The highest BCUT2D eigenvalue weighted by Gasteiger charge is 2.39. The number of carbonyl (C=O) groups excluding carboxylic acids is 1. The van der Waals surface area contributed by atoms with Gasteiger partial charge in [-0.3, -0.25) is 0 Å².